The zero-order chi connectivity index (χ0) is 18.3. The third kappa shape index (κ3) is 3.58. The molecule has 0 spiro atoms. The summed E-state index contributed by atoms with van der Waals surface area (Å²) in [5.74, 6) is 0. The van der Waals surface area contributed by atoms with Gasteiger partial charge in [0.2, 0.25) is 0 Å². The number of hydrogen-bond donors (Lipinski definition) is 0. The first-order valence-electron chi connectivity index (χ1n) is 9.48. The maximum Gasteiger partial charge on any atom is 0.335 e. The fourth-order valence-corrected chi connectivity index (χ4v) is 15.4. The molecule has 0 N–H and O–H groups in total. The van der Waals surface area contributed by atoms with Crippen LogP contribution >= 0.6 is 0 Å². The molecule has 2 radical (unpaired) electrons. The smallest absolute Gasteiger partial charge is 0.335 e. The Hall–Kier alpha value is 0.339. The lowest BCUT2D eigenvalue weighted by Crippen LogP contribution is -2.65. The maximum atomic E-state index is 7.09. The Balaban J connectivity index is 2.49. The van der Waals surface area contributed by atoms with Gasteiger partial charge in [0.1, 0.15) is 14.0 Å². The van der Waals surface area contributed by atoms with Gasteiger partial charge in [-0.3, -0.25) is 0 Å². The van der Waals surface area contributed by atoms with E-state index >= 15 is 0 Å². The second kappa shape index (κ2) is 7.53. The van der Waals surface area contributed by atoms with E-state index in [4.69, 9.17) is 25.6 Å². The van der Waals surface area contributed by atoms with Gasteiger partial charge in [-0.05, 0) is 28.6 Å². The molecule has 2 rings (SSSR count). The first kappa shape index (κ1) is 20.6. The predicted molar refractivity (Wildman–Crippen MR) is 103 cm³/mol. The minimum Gasteiger partial charge on any atom is -0.414 e. The van der Waals surface area contributed by atoms with Crippen LogP contribution in [0.25, 0.3) is 0 Å². The molecule has 4 nitrogen and oxygen atoms in total. The zero-order valence-corrected chi connectivity index (χ0v) is 18.7. The van der Waals surface area contributed by atoms with Gasteiger partial charge in [0, 0.05) is 6.00 Å². The third-order valence-electron chi connectivity index (χ3n) is 5.58. The van der Waals surface area contributed by atoms with Crippen molar-refractivity contribution in [1.82, 2.24) is 0 Å². The lowest BCUT2D eigenvalue weighted by Gasteiger charge is -2.51. The number of ether oxygens (including phenoxy) is 1. The van der Waals surface area contributed by atoms with Crippen molar-refractivity contribution in [2.45, 2.75) is 102 Å². The lowest BCUT2D eigenvalue weighted by atomic mass is 9.96. The van der Waals surface area contributed by atoms with Crippen LogP contribution in [0.3, 0.4) is 0 Å². The molecule has 0 saturated carbocycles. The summed E-state index contributed by atoms with van der Waals surface area (Å²) in [5, 5.41) is 0. The standard InChI is InChI=1S/C17H35BO4Si2/c1-11(2)23(12(3)4)19-10-16-15(9-17(18)20-16)21-24(22-23,13(5)6)14(7)8/h11-17H,9-10H2,1-8H3/t15?,16-,17+/m0/s1. The van der Waals surface area contributed by atoms with Gasteiger partial charge in [-0.25, -0.2) is 0 Å². The van der Waals surface area contributed by atoms with E-state index in [1.54, 1.807) is 0 Å². The van der Waals surface area contributed by atoms with Crippen LogP contribution in [-0.2, 0) is 17.7 Å². The molecular weight excluding hydrogens is 335 g/mol. The molecule has 0 aromatic heterocycles. The summed E-state index contributed by atoms with van der Waals surface area (Å²) in [6.45, 7) is 18.4. The van der Waals surface area contributed by atoms with Gasteiger partial charge in [-0.15, -0.1) is 0 Å². The molecule has 24 heavy (non-hydrogen) atoms. The second-order valence-corrected chi connectivity index (χ2v) is 17.4. The molecule has 1 unspecified atom stereocenters. The summed E-state index contributed by atoms with van der Waals surface area (Å²) in [6, 6.07) is -0.262. The first-order valence-corrected chi connectivity index (χ1v) is 13.4. The topological polar surface area (TPSA) is 36.9 Å². The van der Waals surface area contributed by atoms with Crippen LogP contribution in [0.1, 0.15) is 61.8 Å². The maximum absolute atomic E-state index is 7.09. The average Bonchev–Trinajstić information content (AvgIpc) is 2.77. The van der Waals surface area contributed by atoms with Gasteiger partial charge < -0.3 is 17.7 Å². The summed E-state index contributed by atoms with van der Waals surface area (Å²) in [5.41, 5.74) is 1.41. The van der Waals surface area contributed by atoms with Crippen molar-refractivity contribution in [2.75, 3.05) is 6.61 Å². The molecule has 2 saturated heterocycles. The molecule has 7 heteroatoms. The van der Waals surface area contributed by atoms with E-state index in [1.807, 2.05) is 0 Å². The molecule has 2 aliphatic heterocycles. The van der Waals surface area contributed by atoms with Crippen LogP contribution < -0.4 is 0 Å². The first-order chi connectivity index (χ1) is 11.0. The molecular formula is C17H35BO4Si2. The van der Waals surface area contributed by atoms with Gasteiger partial charge in [-0.1, -0.05) is 55.4 Å². The largest absolute Gasteiger partial charge is 0.414 e. The molecule has 0 aromatic rings. The highest BCUT2D eigenvalue weighted by Crippen LogP contribution is 2.47. The molecule has 138 valence electrons. The number of hydrogen-bond acceptors (Lipinski definition) is 4. The van der Waals surface area contributed by atoms with Gasteiger partial charge in [0.15, 0.2) is 0 Å². The van der Waals surface area contributed by atoms with Crippen molar-refractivity contribution in [2.24, 2.45) is 0 Å². The summed E-state index contributed by atoms with van der Waals surface area (Å²) >= 11 is 0. The average molecular weight is 370 g/mol. The van der Waals surface area contributed by atoms with Crippen molar-refractivity contribution in [3.63, 3.8) is 0 Å². The Morgan fingerprint density at radius 2 is 1.29 bits per heavy atom. The monoisotopic (exact) mass is 370 g/mol. The SMILES string of the molecule is [B][C@H]1CC2O[Si](C(C)C)(C(C)C)O[Si](C(C)C)(C(C)C)OC[C@@H]2O1. The lowest BCUT2D eigenvalue weighted by molar-refractivity contribution is -0.0252. The highest BCUT2D eigenvalue weighted by molar-refractivity contribution is 6.83. The Morgan fingerprint density at radius 3 is 1.75 bits per heavy atom. The molecule has 2 heterocycles. The van der Waals surface area contributed by atoms with Crippen LogP contribution in [0.4, 0.5) is 0 Å². The molecule has 2 aliphatic rings. The molecule has 0 amide bonds. The quantitative estimate of drug-likeness (QED) is 0.694. The number of rotatable bonds is 4. The molecule has 0 bridgehead atoms. The highest BCUT2D eigenvalue weighted by Gasteiger charge is 2.59. The summed E-state index contributed by atoms with van der Waals surface area (Å²) in [7, 11) is 1.11. The van der Waals surface area contributed by atoms with E-state index in [0.29, 0.717) is 28.8 Å². The van der Waals surface area contributed by atoms with E-state index in [0.717, 1.165) is 6.42 Å². The van der Waals surface area contributed by atoms with Crippen molar-refractivity contribution in [3.8, 4) is 0 Å². The normalized spacial score (nSPS) is 33.1. The third-order valence-corrected chi connectivity index (χ3v) is 15.9. The molecule has 0 aliphatic carbocycles. The van der Waals surface area contributed by atoms with Gasteiger partial charge in [-0.2, -0.15) is 0 Å². The summed E-state index contributed by atoms with van der Waals surface area (Å²) in [6.07, 6.45) is 0.643. The van der Waals surface area contributed by atoms with Crippen LogP contribution in [0.2, 0.25) is 22.2 Å². The molecule has 3 atom stereocenters. The Bertz CT molecular complexity index is 415. The van der Waals surface area contributed by atoms with Crippen LogP contribution in [0, 0.1) is 0 Å². The number of fused-ring (bicyclic) bond motifs is 1. The Labute approximate surface area is 151 Å². The summed E-state index contributed by atoms with van der Waals surface area (Å²) in [4.78, 5) is 0. The van der Waals surface area contributed by atoms with Crippen LogP contribution in [0.5, 0.6) is 0 Å². The Morgan fingerprint density at radius 1 is 0.792 bits per heavy atom. The Kier molecular flexibility index (Phi) is 6.47. The van der Waals surface area contributed by atoms with Gasteiger partial charge in [0.05, 0.1) is 12.7 Å². The van der Waals surface area contributed by atoms with Gasteiger partial charge in [0.25, 0.3) is 0 Å². The van der Waals surface area contributed by atoms with E-state index in [9.17, 15) is 0 Å². The fourth-order valence-electron chi connectivity index (χ4n) is 4.18. The summed E-state index contributed by atoms with van der Waals surface area (Å²) < 4.78 is 26.4. The second-order valence-electron chi connectivity index (χ2n) is 8.58. The zero-order valence-electron chi connectivity index (χ0n) is 16.7. The van der Waals surface area contributed by atoms with Crippen LogP contribution in [-0.4, -0.2) is 49.8 Å². The molecule has 2 fully saturated rings. The highest BCUT2D eigenvalue weighted by atomic mass is 28.5. The van der Waals surface area contributed by atoms with E-state index < -0.39 is 17.1 Å². The van der Waals surface area contributed by atoms with E-state index in [-0.39, 0.29) is 18.2 Å². The minimum absolute atomic E-state index is 0.0113. The fraction of sp³-hybridized carbons (Fsp3) is 1.00. The van der Waals surface area contributed by atoms with E-state index in [2.05, 4.69) is 55.4 Å². The van der Waals surface area contributed by atoms with Crippen molar-refractivity contribution in [1.29, 1.82) is 0 Å². The van der Waals surface area contributed by atoms with E-state index in [1.165, 1.54) is 0 Å². The van der Waals surface area contributed by atoms with Crippen LogP contribution in [0.15, 0.2) is 0 Å². The van der Waals surface area contributed by atoms with Crippen molar-refractivity contribution in [3.05, 3.63) is 0 Å². The predicted octanol–water partition coefficient (Wildman–Crippen LogP) is 4.23. The minimum atomic E-state index is -2.50. The van der Waals surface area contributed by atoms with Crippen molar-refractivity contribution < 1.29 is 17.7 Å². The molecule has 0 aromatic carbocycles. The van der Waals surface area contributed by atoms with Gasteiger partial charge >= 0.3 is 17.1 Å². The van der Waals surface area contributed by atoms with Crippen molar-refractivity contribution >= 4 is 25.0 Å².